The smallest absolute Gasteiger partial charge is 0.223 e. The molecule has 0 atom stereocenters. The standard InChI is InChI=1S/C9H9FN2/c1-6(2)8-4-3-7(5-11)9(10)12-8/h3-4,6H,1-2H3. The summed E-state index contributed by atoms with van der Waals surface area (Å²) in [4.78, 5) is 3.65. The number of pyridine rings is 1. The van der Waals surface area contributed by atoms with Gasteiger partial charge >= 0.3 is 0 Å². The lowest BCUT2D eigenvalue weighted by atomic mass is 10.1. The van der Waals surface area contributed by atoms with E-state index >= 15 is 0 Å². The summed E-state index contributed by atoms with van der Waals surface area (Å²) in [5.41, 5.74) is 0.672. The summed E-state index contributed by atoms with van der Waals surface area (Å²) in [5, 5.41) is 8.42. The monoisotopic (exact) mass is 164 g/mol. The highest BCUT2D eigenvalue weighted by Crippen LogP contribution is 2.13. The SMILES string of the molecule is CC(C)c1ccc(C#N)c(F)n1. The van der Waals surface area contributed by atoms with Gasteiger partial charge in [-0.1, -0.05) is 13.8 Å². The summed E-state index contributed by atoms with van der Waals surface area (Å²) in [6.07, 6.45) is 0. The zero-order chi connectivity index (χ0) is 9.14. The van der Waals surface area contributed by atoms with Gasteiger partial charge in [0.25, 0.3) is 0 Å². The van der Waals surface area contributed by atoms with E-state index in [1.165, 1.54) is 6.07 Å². The Balaban J connectivity index is 3.12. The maximum absolute atomic E-state index is 12.9. The van der Waals surface area contributed by atoms with Crippen LogP contribution < -0.4 is 0 Å². The van der Waals surface area contributed by atoms with Crippen molar-refractivity contribution in [2.24, 2.45) is 0 Å². The lowest BCUT2D eigenvalue weighted by Gasteiger charge is -2.03. The highest BCUT2D eigenvalue weighted by Gasteiger charge is 2.06. The molecule has 2 nitrogen and oxygen atoms in total. The molecule has 0 unspecified atom stereocenters. The molecule has 1 rings (SSSR count). The summed E-state index contributed by atoms with van der Waals surface area (Å²) in [6.45, 7) is 3.85. The van der Waals surface area contributed by atoms with Gasteiger partial charge in [-0.2, -0.15) is 9.65 Å². The predicted molar refractivity (Wildman–Crippen MR) is 43.0 cm³/mol. The third-order valence-electron chi connectivity index (χ3n) is 1.58. The highest BCUT2D eigenvalue weighted by atomic mass is 19.1. The fourth-order valence-electron chi connectivity index (χ4n) is 0.853. The van der Waals surface area contributed by atoms with Gasteiger partial charge in [0.1, 0.15) is 11.6 Å². The minimum absolute atomic E-state index is 0.000556. The van der Waals surface area contributed by atoms with Crippen molar-refractivity contribution in [1.82, 2.24) is 4.98 Å². The molecule has 62 valence electrons. The molecule has 0 saturated carbocycles. The summed E-state index contributed by atoms with van der Waals surface area (Å²) in [5.74, 6) is -0.490. The van der Waals surface area contributed by atoms with E-state index in [0.717, 1.165) is 0 Å². The van der Waals surface area contributed by atoms with Crippen molar-refractivity contribution >= 4 is 0 Å². The fraction of sp³-hybridized carbons (Fsp3) is 0.333. The van der Waals surface area contributed by atoms with Crippen LogP contribution >= 0.6 is 0 Å². The first kappa shape index (κ1) is 8.66. The molecule has 0 amide bonds. The second kappa shape index (κ2) is 3.31. The Morgan fingerprint density at radius 3 is 2.58 bits per heavy atom. The van der Waals surface area contributed by atoms with Gasteiger partial charge in [0.05, 0.1) is 0 Å². The predicted octanol–water partition coefficient (Wildman–Crippen LogP) is 2.22. The van der Waals surface area contributed by atoms with Crippen molar-refractivity contribution < 1.29 is 4.39 Å². The molecule has 0 N–H and O–H groups in total. The van der Waals surface area contributed by atoms with Gasteiger partial charge in [-0.25, -0.2) is 4.98 Å². The second-order valence-corrected chi connectivity index (χ2v) is 2.84. The lowest BCUT2D eigenvalue weighted by Crippen LogP contribution is -1.97. The number of nitriles is 1. The minimum atomic E-state index is -0.677. The van der Waals surface area contributed by atoms with Crippen LogP contribution in [0.15, 0.2) is 12.1 Å². The Morgan fingerprint density at radius 1 is 1.50 bits per heavy atom. The van der Waals surface area contributed by atoms with Crippen LogP contribution in [0.1, 0.15) is 31.0 Å². The minimum Gasteiger partial charge on any atom is -0.223 e. The van der Waals surface area contributed by atoms with Crippen molar-refractivity contribution in [1.29, 1.82) is 5.26 Å². The van der Waals surface area contributed by atoms with Crippen molar-refractivity contribution in [3.05, 3.63) is 29.3 Å². The van der Waals surface area contributed by atoms with Crippen LogP contribution in [-0.4, -0.2) is 4.98 Å². The molecule has 0 aromatic carbocycles. The topological polar surface area (TPSA) is 36.7 Å². The van der Waals surface area contributed by atoms with E-state index in [-0.39, 0.29) is 11.5 Å². The largest absolute Gasteiger partial charge is 0.231 e. The normalized spacial score (nSPS) is 9.92. The Morgan fingerprint density at radius 2 is 2.17 bits per heavy atom. The molecule has 0 fully saturated rings. The van der Waals surface area contributed by atoms with Crippen LogP contribution in [0.2, 0.25) is 0 Å². The first-order valence-corrected chi connectivity index (χ1v) is 3.71. The van der Waals surface area contributed by atoms with Crippen LogP contribution in [0, 0.1) is 17.3 Å². The van der Waals surface area contributed by atoms with Crippen molar-refractivity contribution in [2.75, 3.05) is 0 Å². The quantitative estimate of drug-likeness (QED) is 0.596. The molecule has 12 heavy (non-hydrogen) atoms. The van der Waals surface area contributed by atoms with Crippen molar-refractivity contribution in [3.63, 3.8) is 0 Å². The van der Waals surface area contributed by atoms with Gasteiger partial charge in [-0.3, -0.25) is 0 Å². The zero-order valence-electron chi connectivity index (χ0n) is 7.00. The Labute approximate surface area is 70.7 Å². The average Bonchev–Trinajstić information content (AvgIpc) is 2.04. The molecule has 3 heteroatoms. The van der Waals surface area contributed by atoms with E-state index in [1.54, 1.807) is 12.1 Å². The molecule has 0 saturated heterocycles. The van der Waals surface area contributed by atoms with Gasteiger partial charge < -0.3 is 0 Å². The molecular formula is C9H9FN2. The number of hydrogen-bond acceptors (Lipinski definition) is 2. The molecule has 1 heterocycles. The van der Waals surface area contributed by atoms with E-state index in [2.05, 4.69) is 4.98 Å². The van der Waals surface area contributed by atoms with Gasteiger partial charge in [0.15, 0.2) is 0 Å². The van der Waals surface area contributed by atoms with Crippen LogP contribution in [0.25, 0.3) is 0 Å². The summed E-state index contributed by atoms with van der Waals surface area (Å²) in [7, 11) is 0. The van der Waals surface area contributed by atoms with Crippen LogP contribution in [0.4, 0.5) is 4.39 Å². The van der Waals surface area contributed by atoms with Gasteiger partial charge in [0.2, 0.25) is 5.95 Å². The number of halogens is 1. The molecule has 0 bridgehead atoms. The molecule has 0 aliphatic carbocycles. The summed E-state index contributed by atoms with van der Waals surface area (Å²) < 4.78 is 12.9. The zero-order valence-corrected chi connectivity index (χ0v) is 7.00. The van der Waals surface area contributed by atoms with E-state index in [1.807, 2.05) is 13.8 Å². The van der Waals surface area contributed by atoms with Crippen LogP contribution in [-0.2, 0) is 0 Å². The number of nitrogens with zero attached hydrogens (tertiary/aromatic N) is 2. The first-order valence-electron chi connectivity index (χ1n) is 3.71. The lowest BCUT2D eigenvalue weighted by molar-refractivity contribution is 0.568. The van der Waals surface area contributed by atoms with Gasteiger partial charge in [0, 0.05) is 5.69 Å². The summed E-state index contributed by atoms with van der Waals surface area (Å²) in [6, 6.07) is 4.85. The highest BCUT2D eigenvalue weighted by molar-refractivity contribution is 5.28. The van der Waals surface area contributed by atoms with E-state index in [0.29, 0.717) is 5.69 Å². The molecule has 0 aliphatic rings. The van der Waals surface area contributed by atoms with Gasteiger partial charge in [-0.15, -0.1) is 0 Å². The third kappa shape index (κ3) is 1.59. The average molecular weight is 164 g/mol. The van der Waals surface area contributed by atoms with E-state index < -0.39 is 5.95 Å². The Bertz CT molecular complexity index is 326. The molecular weight excluding hydrogens is 155 g/mol. The second-order valence-electron chi connectivity index (χ2n) is 2.84. The van der Waals surface area contributed by atoms with Crippen molar-refractivity contribution in [2.45, 2.75) is 19.8 Å². The molecule has 1 aromatic rings. The summed E-state index contributed by atoms with van der Waals surface area (Å²) >= 11 is 0. The first-order chi connectivity index (χ1) is 5.65. The van der Waals surface area contributed by atoms with Gasteiger partial charge in [-0.05, 0) is 18.1 Å². The van der Waals surface area contributed by atoms with E-state index in [9.17, 15) is 4.39 Å². The Hall–Kier alpha value is -1.43. The number of aromatic nitrogens is 1. The molecule has 0 aliphatic heterocycles. The van der Waals surface area contributed by atoms with Crippen LogP contribution in [0.5, 0.6) is 0 Å². The van der Waals surface area contributed by atoms with Crippen molar-refractivity contribution in [3.8, 4) is 6.07 Å². The number of rotatable bonds is 1. The molecule has 1 aromatic heterocycles. The Kier molecular flexibility index (Phi) is 2.39. The number of hydrogen-bond donors (Lipinski definition) is 0. The van der Waals surface area contributed by atoms with Crippen LogP contribution in [0.3, 0.4) is 0 Å². The molecule has 0 spiro atoms. The fourth-order valence-corrected chi connectivity index (χ4v) is 0.853. The third-order valence-corrected chi connectivity index (χ3v) is 1.58. The molecule has 0 radical (unpaired) electrons. The maximum Gasteiger partial charge on any atom is 0.231 e. The van der Waals surface area contributed by atoms with E-state index in [4.69, 9.17) is 5.26 Å². The maximum atomic E-state index is 12.9.